The van der Waals surface area contributed by atoms with Gasteiger partial charge in [0.2, 0.25) is 10.0 Å². The number of benzene rings is 1. The molecule has 0 bridgehead atoms. The third-order valence-corrected chi connectivity index (χ3v) is 6.63. The lowest BCUT2D eigenvalue weighted by atomic mass is 9.80. The first-order chi connectivity index (χ1) is 12.9. The molecule has 4 rings (SSSR count). The second-order valence-corrected chi connectivity index (χ2v) is 9.27. The van der Waals surface area contributed by atoms with Crippen LogP contribution in [0.3, 0.4) is 0 Å². The summed E-state index contributed by atoms with van der Waals surface area (Å²) in [5.41, 5.74) is 1.49. The number of nitrogens with one attached hydrogen (secondary N) is 1. The maximum absolute atomic E-state index is 11.1. The number of halogens is 2. The van der Waals surface area contributed by atoms with Crippen LogP contribution in [0.4, 0.5) is 0 Å². The Balaban J connectivity index is 0.00000150. The number of piperidine rings is 1. The van der Waals surface area contributed by atoms with Crippen molar-refractivity contribution in [3.63, 3.8) is 0 Å². The molecule has 160 valence electrons. The van der Waals surface area contributed by atoms with Gasteiger partial charge >= 0.3 is 0 Å². The Morgan fingerprint density at radius 3 is 2.79 bits per heavy atom. The zero-order valence-electron chi connectivity index (χ0n) is 16.0. The van der Waals surface area contributed by atoms with E-state index >= 15 is 0 Å². The van der Waals surface area contributed by atoms with Crippen LogP contribution in [0.25, 0.3) is 11.0 Å². The van der Waals surface area contributed by atoms with Gasteiger partial charge < -0.3 is 4.42 Å². The zero-order valence-corrected chi connectivity index (χ0v) is 18.4. The lowest BCUT2D eigenvalue weighted by Gasteiger charge is -2.45. The van der Waals surface area contributed by atoms with Crippen molar-refractivity contribution in [1.82, 2.24) is 10.2 Å². The van der Waals surface area contributed by atoms with E-state index in [9.17, 15) is 13.7 Å². The number of nitrogens with zero attached hydrogens (tertiary/aromatic N) is 2. The molecule has 2 aliphatic heterocycles. The van der Waals surface area contributed by atoms with Crippen LogP contribution >= 0.6 is 24.8 Å². The minimum absolute atomic E-state index is 0. The topological polar surface area (TPSA) is 112 Å². The molecule has 0 aliphatic carbocycles. The molecule has 2 aromatic rings. The van der Waals surface area contributed by atoms with E-state index in [0.717, 1.165) is 30.9 Å². The second-order valence-electron chi connectivity index (χ2n) is 7.54. The molecule has 3 N–H and O–H groups in total. The van der Waals surface area contributed by atoms with Gasteiger partial charge in [-0.3, -0.25) is 10.2 Å². The van der Waals surface area contributed by atoms with E-state index in [1.807, 2.05) is 18.2 Å². The fraction of sp³-hybridized carbons (Fsp3) is 0.526. The van der Waals surface area contributed by atoms with Gasteiger partial charge in [0.1, 0.15) is 16.9 Å². The van der Waals surface area contributed by atoms with Crippen molar-refractivity contribution in [1.29, 1.82) is 5.26 Å². The number of nitrogens with two attached hydrogens (primary N) is 1. The lowest BCUT2D eigenvalue weighted by Crippen LogP contribution is -2.55. The molecule has 2 atom stereocenters. The minimum Gasteiger partial charge on any atom is -0.459 e. The fourth-order valence-corrected chi connectivity index (χ4v) is 4.93. The van der Waals surface area contributed by atoms with Crippen molar-refractivity contribution in [2.75, 3.05) is 25.4 Å². The number of hydrogen-bond acceptors (Lipinski definition) is 6. The lowest BCUT2D eigenvalue weighted by molar-refractivity contribution is 0.0777. The summed E-state index contributed by atoms with van der Waals surface area (Å²) in [5, 5.41) is 19.4. The van der Waals surface area contributed by atoms with Crippen LogP contribution in [0, 0.1) is 11.3 Å². The molecular weight excluding hydrogens is 435 g/mol. The Kier molecular flexibility index (Phi) is 7.60. The molecule has 1 aromatic carbocycles. The molecule has 1 saturated heterocycles. The largest absolute Gasteiger partial charge is 0.459 e. The molecule has 10 heteroatoms. The van der Waals surface area contributed by atoms with E-state index in [4.69, 9.17) is 9.56 Å². The van der Waals surface area contributed by atoms with Crippen molar-refractivity contribution in [2.45, 2.75) is 37.3 Å². The van der Waals surface area contributed by atoms with E-state index in [1.165, 1.54) is 10.9 Å². The second kappa shape index (κ2) is 9.21. The van der Waals surface area contributed by atoms with Crippen LogP contribution in [0.1, 0.15) is 36.6 Å². The molecule has 1 aromatic heterocycles. The number of para-hydroxylation sites is 1. The summed E-state index contributed by atoms with van der Waals surface area (Å²) in [7, 11) is -3.47. The van der Waals surface area contributed by atoms with Crippen LogP contribution in [-0.2, 0) is 16.4 Å². The number of rotatable bonds is 5. The van der Waals surface area contributed by atoms with E-state index < -0.39 is 15.6 Å². The van der Waals surface area contributed by atoms with Gasteiger partial charge in [0.05, 0.1) is 17.9 Å². The van der Waals surface area contributed by atoms with Crippen molar-refractivity contribution in [3.8, 4) is 6.07 Å². The predicted molar refractivity (Wildman–Crippen MR) is 117 cm³/mol. The standard InChI is InChI=1S/C19H24N4O3S.2ClH/c20-13-19(22-8-3-11-27(21,24)25)7-10-23-9-6-15-14-4-1-2-5-17(14)26-18(15)16(23)12-19;;/h1-2,4-5,16,22H,3,6-12H2,(H2,21,24,25);2*1H. The van der Waals surface area contributed by atoms with Gasteiger partial charge in [-0.1, -0.05) is 18.2 Å². The SMILES string of the molecule is Cl.Cl.N#CC1(NCCCS(N)(=O)=O)CCN2CCc3c(oc4ccccc34)C2C1. The van der Waals surface area contributed by atoms with Gasteiger partial charge in [-0.2, -0.15) is 5.26 Å². The Morgan fingerprint density at radius 2 is 2.07 bits per heavy atom. The summed E-state index contributed by atoms with van der Waals surface area (Å²) < 4.78 is 28.4. The molecule has 0 saturated carbocycles. The number of furan rings is 1. The average molecular weight is 461 g/mol. The zero-order chi connectivity index (χ0) is 19.1. The van der Waals surface area contributed by atoms with Gasteiger partial charge in [0.25, 0.3) is 0 Å². The van der Waals surface area contributed by atoms with E-state index in [2.05, 4.69) is 22.4 Å². The maximum atomic E-state index is 11.1. The number of nitriles is 1. The summed E-state index contributed by atoms with van der Waals surface area (Å²) in [5.74, 6) is 0.901. The molecule has 2 unspecified atom stereocenters. The van der Waals surface area contributed by atoms with E-state index in [-0.39, 0.29) is 36.6 Å². The van der Waals surface area contributed by atoms with Crippen LogP contribution in [0.2, 0.25) is 0 Å². The highest BCUT2D eigenvalue weighted by Gasteiger charge is 2.44. The van der Waals surface area contributed by atoms with E-state index in [1.54, 1.807) is 0 Å². The van der Waals surface area contributed by atoms with E-state index in [0.29, 0.717) is 25.8 Å². The minimum atomic E-state index is -3.47. The summed E-state index contributed by atoms with van der Waals surface area (Å²) in [6.45, 7) is 2.23. The Labute approximate surface area is 183 Å². The molecule has 0 radical (unpaired) electrons. The smallest absolute Gasteiger partial charge is 0.209 e. The third-order valence-electron chi connectivity index (χ3n) is 5.77. The molecule has 0 spiro atoms. The summed E-state index contributed by atoms with van der Waals surface area (Å²) in [6.07, 6.45) is 2.70. The Morgan fingerprint density at radius 1 is 1.31 bits per heavy atom. The number of sulfonamides is 1. The molecule has 7 nitrogen and oxygen atoms in total. The molecule has 1 fully saturated rings. The number of primary sulfonamides is 1. The maximum Gasteiger partial charge on any atom is 0.209 e. The van der Waals surface area contributed by atoms with Crippen molar-refractivity contribution in [3.05, 3.63) is 35.6 Å². The monoisotopic (exact) mass is 460 g/mol. The first kappa shape index (κ1) is 23.9. The normalized spacial score (nSPS) is 23.9. The summed E-state index contributed by atoms with van der Waals surface area (Å²) in [4.78, 5) is 2.40. The number of hydrogen-bond donors (Lipinski definition) is 2. The highest BCUT2D eigenvalue weighted by molar-refractivity contribution is 7.89. The number of fused-ring (bicyclic) bond motifs is 5. The van der Waals surface area contributed by atoms with Crippen LogP contribution in [-0.4, -0.2) is 44.2 Å². The fourth-order valence-electron chi connectivity index (χ4n) is 4.38. The molecule has 0 amide bonds. The third kappa shape index (κ3) is 4.88. The Hall–Kier alpha value is -1.34. The quantitative estimate of drug-likeness (QED) is 0.662. The molecular formula is C19H26Cl2N4O3S. The first-order valence-corrected chi connectivity index (χ1v) is 11.0. The highest BCUT2D eigenvalue weighted by Crippen LogP contribution is 2.43. The van der Waals surface area contributed by atoms with Crippen LogP contribution in [0.5, 0.6) is 0 Å². The van der Waals surface area contributed by atoms with Gasteiger partial charge in [0, 0.05) is 30.5 Å². The van der Waals surface area contributed by atoms with Crippen molar-refractivity contribution >= 4 is 45.8 Å². The Bertz CT molecular complexity index is 1000. The van der Waals surface area contributed by atoms with Gasteiger partial charge in [-0.15, -0.1) is 24.8 Å². The summed E-state index contributed by atoms with van der Waals surface area (Å²) >= 11 is 0. The van der Waals surface area contributed by atoms with Crippen LogP contribution in [0.15, 0.2) is 28.7 Å². The molecule has 3 heterocycles. The predicted octanol–water partition coefficient (Wildman–Crippen LogP) is 2.50. The average Bonchev–Trinajstić information content (AvgIpc) is 3.04. The first-order valence-electron chi connectivity index (χ1n) is 9.32. The van der Waals surface area contributed by atoms with Gasteiger partial charge in [-0.25, -0.2) is 13.6 Å². The summed E-state index contributed by atoms with van der Waals surface area (Å²) in [6, 6.07) is 10.6. The molecule has 2 aliphatic rings. The molecule has 29 heavy (non-hydrogen) atoms. The van der Waals surface area contributed by atoms with Gasteiger partial charge in [0.15, 0.2) is 0 Å². The van der Waals surface area contributed by atoms with Crippen molar-refractivity contribution in [2.24, 2.45) is 5.14 Å². The van der Waals surface area contributed by atoms with Crippen LogP contribution < -0.4 is 10.5 Å². The van der Waals surface area contributed by atoms with Crippen molar-refractivity contribution < 1.29 is 12.8 Å². The highest BCUT2D eigenvalue weighted by atomic mass is 35.5. The van der Waals surface area contributed by atoms with Gasteiger partial charge in [-0.05, 0) is 31.9 Å².